The van der Waals surface area contributed by atoms with Crippen molar-refractivity contribution in [1.29, 1.82) is 0 Å². The van der Waals surface area contributed by atoms with Gasteiger partial charge in [0, 0.05) is 19.1 Å². The van der Waals surface area contributed by atoms with Crippen LogP contribution in [0.4, 0.5) is 0 Å². The van der Waals surface area contributed by atoms with E-state index >= 15 is 0 Å². The Morgan fingerprint density at radius 3 is 2.36 bits per heavy atom. The van der Waals surface area contributed by atoms with E-state index in [1.807, 2.05) is 6.07 Å². The molecule has 3 fully saturated rings. The van der Waals surface area contributed by atoms with E-state index in [0.717, 1.165) is 44.7 Å². The van der Waals surface area contributed by atoms with E-state index in [2.05, 4.69) is 34.5 Å². The topological polar surface area (TPSA) is 32.3 Å². The fraction of sp³-hybridized carbons (Fsp3) is 0.632. The molecule has 2 saturated carbocycles. The number of carbonyl (C=O) groups excluding carboxylic acids is 1. The van der Waals surface area contributed by atoms with Crippen molar-refractivity contribution in [1.82, 2.24) is 10.2 Å². The van der Waals surface area contributed by atoms with Gasteiger partial charge in [0.05, 0.1) is 5.41 Å². The first kappa shape index (κ1) is 14.3. The maximum absolute atomic E-state index is 13.0. The van der Waals surface area contributed by atoms with Gasteiger partial charge in [0.25, 0.3) is 0 Å². The number of rotatable bonds is 5. The summed E-state index contributed by atoms with van der Waals surface area (Å²) in [6.07, 6.45) is 7.09. The van der Waals surface area contributed by atoms with Gasteiger partial charge in [0.2, 0.25) is 5.91 Å². The third kappa shape index (κ3) is 2.79. The zero-order valence-electron chi connectivity index (χ0n) is 13.3. The predicted octanol–water partition coefficient (Wildman–Crippen LogP) is 2.71. The molecule has 0 bridgehead atoms. The van der Waals surface area contributed by atoms with Gasteiger partial charge in [0.1, 0.15) is 0 Å². The van der Waals surface area contributed by atoms with Crippen LogP contribution in [-0.4, -0.2) is 36.5 Å². The summed E-state index contributed by atoms with van der Waals surface area (Å²) in [5, 5.41) is 3.69. The molecular weight excluding hydrogens is 272 g/mol. The number of likely N-dealkylation sites (tertiary alicyclic amines) is 1. The van der Waals surface area contributed by atoms with Crippen molar-refractivity contribution in [2.45, 2.75) is 50.0 Å². The van der Waals surface area contributed by atoms with Crippen LogP contribution in [0, 0.1) is 5.92 Å². The molecule has 0 aromatic heterocycles. The molecule has 22 heavy (non-hydrogen) atoms. The van der Waals surface area contributed by atoms with Crippen molar-refractivity contribution < 1.29 is 4.79 Å². The fourth-order valence-corrected chi connectivity index (χ4v) is 3.75. The molecule has 118 valence electrons. The third-order valence-electron chi connectivity index (χ3n) is 5.66. The Morgan fingerprint density at radius 2 is 1.77 bits per heavy atom. The summed E-state index contributed by atoms with van der Waals surface area (Å²) in [5.74, 6) is 1.31. The van der Waals surface area contributed by atoms with Gasteiger partial charge in [0.15, 0.2) is 0 Å². The lowest BCUT2D eigenvalue weighted by molar-refractivity contribution is -0.135. The Hall–Kier alpha value is -1.35. The van der Waals surface area contributed by atoms with E-state index in [9.17, 15) is 4.79 Å². The molecule has 2 aliphatic carbocycles. The molecule has 1 amide bonds. The molecule has 3 aliphatic rings. The molecule has 1 aromatic carbocycles. The normalized spacial score (nSPS) is 24.3. The van der Waals surface area contributed by atoms with Gasteiger partial charge in [-0.3, -0.25) is 4.79 Å². The first-order valence-electron chi connectivity index (χ1n) is 8.86. The SMILES string of the molecule is O=C(N1CCC(NCC2CC2)CC1)C1(c2ccccc2)CC1. The minimum absolute atomic E-state index is 0.185. The Balaban J connectivity index is 1.34. The molecule has 1 aliphatic heterocycles. The minimum Gasteiger partial charge on any atom is -0.342 e. The summed E-state index contributed by atoms with van der Waals surface area (Å²) < 4.78 is 0. The van der Waals surface area contributed by atoms with Crippen molar-refractivity contribution in [2.24, 2.45) is 5.92 Å². The van der Waals surface area contributed by atoms with Crippen molar-refractivity contribution >= 4 is 5.91 Å². The zero-order valence-corrected chi connectivity index (χ0v) is 13.3. The molecule has 1 heterocycles. The number of hydrogen-bond donors (Lipinski definition) is 1. The molecule has 1 saturated heterocycles. The van der Waals surface area contributed by atoms with E-state index in [1.165, 1.54) is 24.9 Å². The number of amides is 1. The van der Waals surface area contributed by atoms with Gasteiger partial charge in [-0.05, 0) is 56.6 Å². The quantitative estimate of drug-likeness (QED) is 0.906. The third-order valence-corrected chi connectivity index (χ3v) is 5.66. The van der Waals surface area contributed by atoms with Crippen molar-refractivity contribution in [3.05, 3.63) is 35.9 Å². The van der Waals surface area contributed by atoms with Crippen molar-refractivity contribution in [2.75, 3.05) is 19.6 Å². The number of benzene rings is 1. The van der Waals surface area contributed by atoms with Crippen LogP contribution in [0.2, 0.25) is 0 Å². The highest BCUT2D eigenvalue weighted by atomic mass is 16.2. The smallest absolute Gasteiger partial charge is 0.233 e. The summed E-state index contributed by atoms with van der Waals surface area (Å²) in [4.78, 5) is 15.1. The molecule has 4 rings (SSSR count). The van der Waals surface area contributed by atoms with Gasteiger partial charge in [-0.1, -0.05) is 30.3 Å². The molecular formula is C19H26N2O. The summed E-state index contributed by atoms with van der Waals surface area (Å²) in [6.45, 7) is 3.04. The van der Waals surface area contributed by atoms with E-state index < -0.39 is 0 Å². The first-order valence-corrected chi connectivity index (χ1v) is 8.86. The van der Waals surface area contributed by atoms with Crippen LogP contribution in [0.3, 0.4) is 0 Å². The van der Waals surface area contributed by atoms with Crippen LogP contribution >= 0.6 is 0 Å². The fourth-order valence-electron chi connectivity index (χ4n) is 3.75. The lowest BCUT2D eigenvalue weighted by Gasteiger charge is -2.35. The largest absolute Gasteiger partial charge is 0.342 e. The number of nitrogens with one attached hydrogen (secondary N) is 1. The molecule has 0 spiro atoms. The van der Waals surface area contributed by atoms with Gasteiger partial charge < -0.3 is 10.2 Å². The first-order chi connectivity index (χ1) is 10.8. The molecule has 3 heteroatoms. The molecule has 0 radical (unpaired) electrons. The maximum Gasteiger partial charge on any atom is 0.233 e. The second-order valence-electron chi connectivity index (χ2n) is 7.37. The number of piperidine rings is 1. The number of hydrogen-bond acceptors (Lipinski definition) is 2. The molecule has 3 nitrogen and oxygen atoms in total. The van der Waals surface area contributed by atoms with E-state index in [4.69, 9.17) is 0 Å². The monoisotopic (exact) mass is 298 g/mol. The highest BCUT2D eigenvalue weighted by Crippen LogP contribution is 2.49. The van der Waals surface area contributed by atoms with Crippen LogP contribution in [0.25, 0.3) is 0 Å². The van der Waals surface area contributed by atoms with Gasteiger partial charge in [-0.25, -0.2) is 0 Å². The maximum atomic E-state index is 13.0. The summed E-state index contributed by atoms with van der Waals surface area (Å²) >= 11 is 0. The molecule has 0 unspecified atom stereocenters. The second kappa shape index (κ2) is 5.69. The van der Waals surface area contributed by atoms with Gasteiger partial charge >= 0.3 is 0 Å². The molecule has 1 aromatic rings. The lowest BCUT2D eigenvalue weighted by atomic mass is 9.93. The highest BCUT2D eigenvalue weighted by Gasteiger charge is 2.53. The standard InChI is InChI=1S/C19H26N2O/c22-18(19(10-11-19)16-4-2-1-3-5-16)21-12-8-17(9-13-21)20-14-15-6-7-15/h1-5,15,17,20H,6-14H2. The Labute approximate surface area is 133 Å². The Bertz CT molecular complexity index is 526. The number of carbonyl (C=O) groups is 1. The highest BCUT2D eigenvalue weighted by molar-refractivity contribution is 5.91. The second-order valence-corrected chi connectivity index (χ2v) is 7.37. The van der Waals surface area contributed by atoms with Crippen molar-refractivity contribution in [3.8, 4) is 0 Å². The zero-order chi connectivity index (χ0) is 15.0. The van der Waals surface area contributed by atoms with E-state index in [1.54, 1.807) is 0 Å². The van der Waals surface area contributed by atoms with Crippen molar-refractivity contribution in [3.63, 3.8) is 0 Å². The van der Waals surface area contributed by atoms with Crippen LogP contribution in [0.1, 0.15) is 44.1 Å². The van der Waals surface area contributed by atoms with Crippen LogP contribution in [0.15, 0.2) is 30.3 Å². The number of nitrogens with zero attached hydrogens (tertiary/aromatic N) is 1. The van der Waals surface area contributed by atoms with Crippen LogP contribution in [-0.2, 0) is 10.2 Å². The van der Waals surface area contributed by atoms with Crippen LogP contribution < -0.4 is 5.32 Å². The van der Waals surface area contributed by atoms with Gasteiger partial charge in [-0.15, -0.1) is 0 Å². The molecule has 1 N–H and O–H groups in total. The predicted molar refractivity (Wildman–Crippen MR) is 87.7 cm³/mol. The average molecular weight is 298 g/mol. The van der Waals surface area contributed by atoms with E-state index in [-0.39, 0.29) is 5.41 Å². The Kier molecular flexibility index (Phi) is 3.69. The minimum atomic E-state index is -0.185. The van der Waals surface area contributed by atoms with E-state index in [0.29, 0.717) is 11.9 Å². The average Bonchev–Trinajstić information content (AvgIpc) is 3.48. The Morgan fingerprint density at radius 1 is 1.09 bits per heavy atom. The summed E-state index contributed by atoms with van der Waals surface area (Å²) in [6, 6.07) is 11.0. The lowest BCUT2D eigenvalue weighted by Crippen LogP contribution is -2.48. The summed E-state index contributed by atoms with van der Waals surface area (Å²) in [7, 11) is 0. The molecule has 0 atom stereocenters. The van der Waals surface area contributed by atoms with Gasteiger partial charge in [-0.2, -0.15) is 0 Å². The van der Waals surface area contributed by atoms with Crippen LogP contribution in [0.5, 0.6) is 0 Å². The summed E-state index contributed by atoms with van der Waals surface area (Å²) in [5.41, 5.74) is 1.03.